The van der Waals surface area contributed by atoms with Crippen LogP contribution >= 0.6 is 0 Å². The van der Waals surface area contributed by atoms with Crippen LogP contribution < -0.4 is 9.75 Å². The largest absolute Gasteiger partial charge is 0.212 e. The summed E-state index contributed by atoms with van der Waals surface area (Å²) in [4.78, 5) is 0. The van der Waals surface area contributed by atoms with Crippen molar-refractivity contribution >= 4 is 13.3 Å². The highest BCUT2D eigenvalue weighted by Gasteiger charge is 2.26. The van der Waals surface area contributed by atoms with E-state index in [2.05, 4.69) is 88.6 Å². The fourth-order valence-corrected chi connectivity index (χ4v) is 4.90. The van der Waals surface area contributed by atoms with Gasteiger partial charge in [-0.25, -0.2) is 4.57 Å². The Kier molecular flexibility index (Phi) is 5.46. The van der Waals surface area contributed by atoms with Gasteiger partial charge in [-0.3, -0.25) is 0 Å². The summed E-state index contributed by atoms with van der Waals surface area (Å²) in [6.07, 6.45) is 4.84. The third-order valence-electron chi connectivity index (χ3n) is 4.85. The molecule has 2 heteroatoms. The van der Waals surface area contributed by atoms with E-state index in [4.69, 9.17) is 0 Å². The summed E-state index contributed by atoms with van der Waals surface area (Å²) >= 11 is 0. The van der Waals surface area contributed by atoms with Crippen molar-refractivity contribution in [1.82, 2.24) is 0 Å². The molecular formula is C21H32NSi+. The minimum atomic E-state index is -1.35. The van der Waals surface area contributed by atoms with Gasteiger partial charge >= 0.3 is 0 Å². The van der Waals surface area contributed by atoms with Gasteiger partial charge in [0.2, 0.25) is 5.69 Å². The second-order valence-electron chi connectivity index (χ2n) is 7.99. The molecule has 0 fully saturated rings. The third-order valence-corrected chi connectivity index (χ3v) is 6.92. The molecular weight excluding hydrogens is 294 g/mol. The van der Waals surface area contributed by atoms with Crippen molar-refractivity contribution in [3.8, 4) is 11.3 Å². The van der Waals surface area contributed by atoms with Crippen molar-refractivity contribution in [2.24, 2.45) is 13.0 Å². The van der Waals surface area contributed by atoms with Gasteiger partial charge in [-0.1, -0.05) is 58.1 Å². The summed E-state index contributed by atoms with van der Waals surface area (Å²) in [5.41, 5.74) is 5.60. The first-order chi connectivity index (χ1) is 10.7. The third kappa shape index (κ3) is 4.11. The zero-order valence-corrected chi connectivity index (χ0v) is 16.9. The highest BCUT2D eigenvalue weighted by molar-refractivity contribution is 6.88. The lowest BCUT2D eigenvalue weighted by atomic mass is 9.97. The van der Waals surface area contributed by atoms with Gasteiger partial charge in [-0.2, -0.15) is 0 Å². The Morgan fingerprint density at radius 3 is 2.35 bits per heavy atom. The molecule has 0 spiro atoms. The van der Waals surface area contributed by atoms with E-state index in [1.165, 1.54) is 29.7 Å². The molecule has 0 aliphatic carbocycles. The van der Waals surface area contributed by atoms with Crippen LogP contribution in [0.3, 0.4) is 0 Å². The summed E-state index contributed by atoms with van der Waals surface area (Å²) in [5.74, 6) is 0.738. The molecule has 2 rings (SSSR count). The molecule has 1 atom stereocenters. The van der Waals surface area contributed by atoms with E-state index in [0.717, 1.165) is 5.92 Å². The standard InChI is InChI=1S/C21H32NSi/c1-8-16(2)13-18-14-20(19-12-10-9-11-17(19)3)22(4)15-21(18)23(5,6)7/h9-12,14-16H,8,13H2,1-7H3/q+1. The van der Waals surface area contributed by atoms with Gasteiger partial charge in [-0.05, 0) is 36.5 Å². The first kappa shape index (κ1) is 17.9. The Bertz CT molecular complexity index is 683. The van der Waals surface area contributed by atoms with Crippen molar-refractivity contribution in [1.29, 1.82) is 0 Å². The van der Waals surface area contributed by atoms with Crippen LogP contribution in [0.15, 0.2) is 36.5 Å². The van der Waals surface area contributed by atoms with Gasteiger partial charge in [0.05, 0.1) is 8.07 Å². The SMILES string of the molecule is CCC(C)Cc1cc(-c2ccccc2C)[n+](C)cc1[Si](C)(C)C. The maximum absolute atomic E-state index is 2.46. The topological polar surface area (TPSA) is 3.88 Å². The first-order valence-electron chi connectivity index (χ1n) is 8.83. The van der Waals surface area contributed by atoms with E-state index in [9.17, 15) is 0 Å². The summed E-state index contributed by atoms with van der Waals surface area (Å²) in [5, 5.41) is 1.61. The van der Waals surface area contributed by atoms with E-state index in [1.807, 2.05) is 0 Å². The van der Waals surface area contributed by atoms with Gasteiger partial charge in [0, 0.05) is 16.8 Å². The van der Waals surface area contributed by atoms with Crippen LogP contribution in [0.1, 0.15) is 31.4 Å². The van der Waals surface area contributed by atoms with Gasteiger partial charge < -0.3 is 0 Å². The van der Waals surface area contributed by atoms with Crippen molar-refractivity contribution < 1.29 is 4.57 Å². The predicted molar refractivity (Wildman–Crippen MR) is 104 cm³/mol. The molecule has 0 saturated carbocycles. The van der Waals surface area contributed by atoms with Gasteiger partial charge in [0.15, 0.2) is 6.20 Å². The molecule has 0 N–H and O–H groups in total. The van der Waals surface area contributed by atoms with E-state index in [-0.39, 0.29) is 0 Å². The highest BCUT2D eigenvalue weighted by Crippen LogP contribution is 2.22. The van der Waals surface area contributed by atoms with Crippen molar-refractivity contribution in [2.75, 3.05) is 0 Å². The molecule has 0 saturated heterocycles. The van der Waals surface area contributed by atoms with E-state index in [1.54, 1.807) is 10.8 Å². The van der Waals surface area contributed by atoms with Crippen LogP contribution in [-0.2, 0) is 13.5 Å². The summed E-state index contributed by atoms with van der Waals surface area (Å²) in [7, 11) is 0.846. The number of hydrogen-bond donors (Lipinski definition) is 0. The van der Waals surface area contributed by atoms with Crippen molar-refractivity contribution in [2.45, 2.75) is 53.3 Å². The lowest BCUT2D eigenvalue weighted by Gasteiger charge is -2.22. The fraction of sp³-hybridized carbons (Fsp3) is 0.476. The average Bonchev–Trinajstić information content (AvgIpc) is 2.48. The Balaban J connectivity index is 2.62. The molecule has 124 valence electrons. The molecule has 2 aromatic rings. The van der Waals surface area contributed by atoms with Gasteiger partial charge in [0.25, 0.3) is 0 Å². The zero-order valence-electron chi connectivity index (χ0n) is 15.9. The number of benzene rings is 1. The lowest BCUT2D eigenvalue weighted by Crippen LogP contribution is -2.47. The number of aromatic nitrogens is 1. The number of pyridine rings is 1. The number of hydrogen-bond acceptors (Lipinski definition) is 0. The maximum Gasteiger partial charge on any atom is 0.212 e. The molecule has 0 amide bonds. The highest BCUT2D eigenvalue weighted by atomic mass is 28.3. The normalized spacial score (nSPS) is 13.2. The smallest absolute Gasteiger partial charge is 0.201 e. The van der Waals surface area contributed by atoms with Crippen LogP contribution in [0.4, 0.5) is 0 Å². The molecule has 1 heterocycles. The van der Waals surface area contributed by atoms with Gasteiger partial charge in [0.1, 0.15) is 7.05 Å². The number of nitrogens with zero attached hydrogens (tertiary/aromatic N) is 1. The van der Waals surface area contributed by atoms with E-state index < -0.39 is 8.07 Å². The minimum absolute atomic E-state index is 0.738. The number of rotatable bonds is 5. The fourth-order valence-electron chi connectivity index (χ4n) is 3.18. The Morgan fingerprint density at radius 1 is 1.13 bits per heavy atom. The summed E-state index contributed by atoms with van der Waals surface area (Å²) < 4.78 is 2.33. The second-order valence-corrected chi connectivity index (χ2v) is 13.0. The quantitative estimate of drug-likeness (QED) is 0.557. The lowest BCUT2D eigenvalue weighted by molar-refractivity contribution is -0.659. The van der Waals surface area contributed by atoms with Gasteiger partial charge in [-0.15, -0.1) is 0 Å². The van der Waals surface area contributed by atoms with Crippen LogP contribution in [0, 0.1) is 12.8 Å². The minimum Gasteiger partial charge on any atom is -0.201 e. The molecule has 0 radical (unpaired) electrons. The zero-order chi connectivity index (χ0) is 17.2. The predicted octanol–water partition coefficient (Wildman–Crippen LogP) is 4.62. The Morgan fingerprint density at radius 2 is 1.78 bits per heavy atom. The van der Waals surface area contributed by atoms with Crippen LogP contribution in [0.2, 0.25) is 19.6 Å². The van der Waals surface area contributed by atoms with Crippen LogP contribution in [0.5, 0.6) is 0 Å². The monoisotopic (exact) mass is 326 g/mol. The first-order valence-corrected chi connectivity index (χ1v) is 12.3. The summed E-state index contributed by atoms with van der Waals surface area (Å²) in [6, 6.07) is 11.2. The second kappa shape index (κ2) is 7.00. The number of aryl methyl sites for hydroxylation is 2. The Hall–Kier alpha value is -1.41. The Labute approximate surface area is 143 Å². The molecule has 0 aliphatic rings. The molecule has 23 heavy (non-hydrogen) atoms. The molecule has 1 aromatic heterocycles. The molecule has 0 aliphatic heterocycles. The molecule has 0 bridgehead atoms. The van der Waals surface area contributed by atoms with Crippen molar-refractivity contribution in [3.05, 3.63) is 47.7 Å². The van der Waals surface area contributed by atoms with E-state index in [0.29, 0.717) is 0 Å². The molecule has 1 nitrogen and oxygen atoms in total. The van der Waals surface area contributed by atoms with E-state index >= 15 is 0 Å². The summed E-state index contributed by atoms with van der Waals surface area (Å²) in [6.45, 7) is 14.2. The molecule has 1 unspecified atom stereocenters. The maximum atomic E-state index is 2.46. The van der Waals surface area contributed by atoms with Crippen LogP contribution in [-0.4, -0.2) is 8.07 Å². The van der Waals surface area contributed by atoms with Crippen molar-refractivity contribution in [3.63, 3.8) is 0 Å². The van der Waals surface area contributed by atoms with Crippen LogP contribution in [0.25, 0.3) is 11.3 Å². The molecule has 1 aromatic carbocycles. The average molecular weight is 327 g/mol.